The van der Waals surface area contributed by atoms with Crippen molar-refractivity contribution in [2.45, 2.75) is 26.3 Å². The van der Waals surface area contributed by atoms with Crippen LogP contribution in [0.15, 0.2) is 84.4 Å². The Morgan fingerprint density at radius 1 is 0.944 bits per heavy atom. The highest BCUT2D eigenvalue weighted by atomic mass is 16.5. The zero-order chi connectivity index (χ0) is 25.8. The molecular weight excluding hydrogens is 458 g/mol. The number of anilines is 1. The number of carbonyl (C=O) groups is 3. The molecule has 7 heteroatoms. The Morgan fingerprint density at radius 2 is 1.64 bits per heavy atom. The molecule has 1 unspecified atom stereocenters. The van der Waals surface area contributed by atoms with Gasteiger partial charge in [0.1, 0.15) is 11.5 Å². The van der Waals surface area contributed by atoms with Gasteiger partial charge in [0, 0.05) is 11.3 Å². The molecule has 4 rings (SSSR count). The highest BCUT2D eigenvalue weighted by molar-refractivity contribution is 6.51. The van der Waals surface area contributed by atoms with Gasteiger partial charge in [0.25, 0.3) is 11.7 Å². The summed E-state index contributed by atoms with van der Waals surface area (Å²) in [5.74, 6) is -1.97. The molecular formula is C29H27NO6. The van der Waals surface area contributed by atoms with E-state index in [1.54, 1.807) is 72.8 Å². The molecule has 184 valence electrons. The lowest BCUT2D eigenvalue weighted by molar-refractivity contribution is -0.136. The molecule has 1 atom stereocenters. The lowest BCUT2D eigenvalue weighted by atomic mass is 9.95. The number of aliphatic hydroxyl groups is 1. The highest BCUT2D eigenvalue weighted by Gasteiger charge is 2.46. The van der Waals surface area contributed by atoms with E-state index in [0.717, 1.165) is 0 Å². The smallest absolute Gasteiger partial charge is 0.307 e. The predicted molar refractivity (Wildman–Crippen MR) is 136 cm³/mol. The SMILES string of the molecule is CC(C)COc1cccc(/C(O)=C2/C(=O)C(=O)N(c3ccc(CC(=O)O)cc3)C2c2ccccc2)c1. The number of hydrogen-bond donors (Lipinski definition) is 2. The van der Waals surface area contributed by atoms with Crippen LogP contribution in [0.3, 0.4) is 0 Å². The van der Waals surface area contributed by atoms with E-state index >= 15 is 0 Å². The number of aliphatic hydroxyl groups excluding tert-OH is 1. The summed E-state index contributed by atoms with van der Waals surface area (Å²) in [5.41, 5.74) is 1.99. The van der Waals surface area contributed by atoms with Crippen molar-refractivity contribution in [3.8, 4) is 5.75 Å². The van der Waals surface area contributed by atoms with E-state index < -0.39 is 23.7 Å². The first-order valence-corrected chi connectivity index (χ1v) is 11.7. The number of nitrogens with zero attached hydrogens (tertiary/aromatic N) is 1. The quantitative estimate of drug-likeness (QED) is 0.265. The first-order chi connectivity index (χ1) is 17.3. The van der Waals surface area contributed by atoms with Crippen LogP contribution in [0.4, 0.5) is 5.69 Å². The normalized spacial score (nSPS) is 17.0. The molecule has 0 bridgehead atoms. The summed E-state index contributed by atoms with van der Waals surface area (Å²) in [4.78, 5) is 38.9. The number of aliphatic carboxylic acids is 1. The van der Waals surface area contributed by atoms with Crippen LogP contribution in [-0.4, -0.2) is 34.5 Å². The van der Waals surface area contributed by atoms with Crippen molar-refractivity contribution in [1.82, 2.24) is 0 Å². The van der Waals surface area contributed by atoms with Gasteiger partial charge in [-0.1, -0.05) is 68.4 Å². The summed E-state index contributed by atoms with van der Waals surface area (Å²) in [6.45, 7) is 4.55. The largest absolute Gasteiger partial charge is 0.507 e. The van der Waals surface area contributed by atoms with Crippen LogP contribution in [0.1, 0.15) is 36.6 Å². The number of benzene rings is 3. The number of Topliss-reactive ketones (excluding diaryl/α,β-unsaturated/α-hetero) is 1. The number of carbonyl (C=O) groups excluding carboxylic acids is 2. The van der Waals surface area contributed by atoms with Gasteiger partial charge in [-0.2, -0.15) is 0 Å². The molecule has 0 spiro atoms. The fourth-order valence-corrected chi connectivity index (χ4v) is 4.15. The van der Waals surface area contributed by atoms with Crippen molar-refractivity contribution in [2.75, 3.05) is 11.5 Å². The molecule has 0 aliphatic carbocycles. The Hall–Kier alpha value is -4.39. The first kappa shape index (κ1) is 24.7. The Labute approximate surface area is 209 Å². The van der Waals surface area contributed by atoms with Crippen LogP contribution in [0.5, 0.6) is 5.75 Å². The van der Waals surface area contributed by atoms with E-state index in [4.69, 9.17) is 9.84 Å². The standard InChI is InChI=1S/C29H27NO6/c1-18(2)17-36-23-10-6-9-21(16-23)27(33)25-26(20-7-4-3-5-8-20)30(29(35)28(25)34)22-13-11-19(12-14-22)15-24(31)32/h3-14,16,18,26,33H,15,17H2,1-2H3,(H,31,32)/b27-25-. The minimum absolute atomic E-state index is 0.0261. The summed E-state index contributed by atoms with van der Waals surface area (Å²) in [5, 5.41) is 20.4. The number of ether oxygens (including phenoxy) is 1. The molecule has 7 nitrogen and oxygen atoms in total. The molecule has 1 fully saturated rings. The van der Waals surface area contributed by atoms with Crippen LogP contribution in [0, 0.1) is 5.92 Å². The number of carboxylic acids is 1. The number of rotatable bonds is 8. The van der Waals surface area contributed by atoms with Gasteiger partial charge in [-0.05, 0) is 41.3 Å². The van der Waals surface area contributed by atoms with Crippen molar-refractivity contribution >= 4 is 29.1 Å². The summed E-state index contributed by atoms with van der Waals surface area (Å²) in [6.07, 6.45) is -0.156. The summed E-state index contributed by atoms with van der Waals surface area (Å²) < 4.78 is 5.77. The van der Waals surface area contributed by atoms with Crippen LogP contribution in [0.2, 0.25) is 0 Å². The zero-order valence-corrected chi connectivity index (χ0v) is 20.0. The second kappa shape index (κ2) is 10.5. The van der Waals surface area contributed by atoms with E-state index in [1.807, 2.05) is 19.9 Å². The lowest BCUT2D eigenvalue weighted by Crippen LogP contribution is -2.29. The Morgan fingerprint density at radius 3 is 2.28 bits per heavy atom. The topological polar surface area (TPSA) is 104 Å². The molecule has 1 heterocycles. The molecule has 3 aromatic rings. The van der Waals surface area contributed by atoms with Gasteiger partial charge in [-0.15, -0.1) is 0 Å². The van der Waals surface area contributed by atoms with E-state index in [1.165, 1.54) is 4.90 Å². The highest BCUT2D eigenvalue weighted by Crippen LogP contribution is 2.42. The fraction of sp³-hybridized carbons (Fsp3) is 0.207. The second-order valence-electron chi connectivity index (χ2n) is 9.05. The molecule has 36 heavy (non-hydrogen) atoms. The minimum Gasteiger partial charge on any atom is -0.507 e. The molecule has 2 N–H and O–H groups in total. The van der Waals surface area contributed by atoms with Crippen molar-refractivity contribution < 1.29 is 29.3 Å². The third kappa shape index (κ3) is 5.15. The average molecular weight is 486 g/mol. The van der Waals surface area contributed by atoms with Gasteiger partial charge >= 0.3 is 5.97 Å². The molecule has 0 aromatic heterocycles. The fourth-order valence-electron chi connectivity index (χ4n) is 4.15. The van der Waals surface area contributed by atoms with E-state index in [-0.39, 0.29) is 17.8 Å². The van der Waals surface area contributed by atoms with Crippen LogP contribution in [0.25, 0.3) is 5.76 Å². The maximum Gasteiger partial charge on any atom is 0.307 e. The van der Waals surface area contributed by atoms with E-state index in [0.29, 0.717) is 40.7 Å². The van der Waals surface area contributed by atoms with Gasteiger partial charge in [-0.25, -0.2) is 0 Å². The van der Waals surface area contributed by atoms with E-state index in [2.05, 4.69) is 0 Å². The van der Waals surface area contributed by atoms with Gasteiger partial charge in [0.15, 0.2) is 0 Å². The van der Waals surface area contributed by atoms with Crippen molar-refractivity contribution in [3.05, 3.63) is 101 Å². The van der Waals surface area contributed by atoms with Gasteiger partial charge < -0.3 is 14.9 Å². The first-order valence-electron chi connectivity index (χ1n) is 11.7. The monoisotopic (exact) mass is 485 g/mol. The van der Waals surface area contributed by atoms with Crippen molar-refractivity contribution in [1.29, 1.82) is 0 Å². The Bertz CT molecular complexity index is 1310. The molecule has 0 saturated carbocycles. The lowest BCUT2D eigenvalue weighted by Gasteiger charge is -2.25. The van der Waals surface area contributed by atoms with Gasteiger partial charge in [-0.3, -0.25) is 19.3 Å². The Kier molecular flexibility index (Phi) is 7.20. The maximum atomic E-state index is 13.3. The van der Waals surface area contributed by atoms with Gasteiger partial charge in [0.05, 0.1) is 24.6 Å². The molecule has 1 saturated heterocycles. The van der Waals surface area contributed by atoms with E-state index in [9.17, 15) is 19.5 Å². The maximum absolute atomic E-state index is 13.3. The second-order valence-corrected chi connectivity index (χ2v) is 9.05. The Balaban J connectivity index is 1.80. The molecule has 1 aliphatic rings. The third-order valence-electron chi connectivity index (χ3n) is 5.82. The predicted octanol–water partition coefficient (Wildman–Crippen LogP) is 4.97. The molecule has 1 amide bonds. The zero-order valence-electron chi connectivity index (χ0n) is 20.0. The third-order valence-corrected chi connectivity index (χ3v) is 5.82. The number of carboxylic acid groups (broad SMARTS) is 1. The van der Waals surface area contributed by atoms with Crippen molar-refractivity contribution in [2.24, 2.45) is 5.92 Å². The average Bonchev–Trinajstić information content (AvgIpc) is 3.13. The minimum atomic E-state index is -0.966. The summed E-state index contributed by atoms with van der Waals surface area (Å²) in [6, 6.07) is 21.4. The number of amides is 1. The molecule has 1 aliphatic heterocycles. The van der Waals surface area contributed by atoms with Crippen LogP contribution in [-0.2, 0) is 20.8 Å². The van der Waals surface area contributed by atoms with Gasteiger partial charge in [0.2, 0.25) is 0 Å². The molecule has 3 aromatic carbocycles. The number of hydrogen-bond acceptors (Lipinski definition) is 5. The van der Waals surface area contributed by atoms with Crippen LogP contribution >= 0.6 is 0 Å². The summed E-state index contributed by atoms with van der Waals surface area (Å²) in [7, 11) is 0. The van der Waals surface area contributed by atoms with Crippen molar-refractivity contribution in [3.63, 3.8) is 0 Å². The molecule has 0 radical (unpaired) electrons. The van der Waals surface area contributed by atoms with Crippen LogP contribution < -0.4 is 9.64 Å². The number of ketones is 1. The summed E-state index contributed by atoms with van der Waals surface area (Å²) >= 11 is 0.